The van der Waals surface area contributed by atoms with Gasteiger partial charge in [-0.05, 0) is 0 Å². The first-order chi connectivity index (χ1) is 30.8. The fourth-order valence-corrected chi connectivity index (χ4v) is 8.57. The molecule has 6 heterocycles. The second-order valence-corrected chi connectivity index (χ2v) is 17.8. The molecule has 0 aromatic carbocycles. The van der Waals surface area contributed by atoms with Gasteiger partial charge in [-0.25, -0.2) is 27.9 Å². The highest BCUT2D eigenvalue weighted by molar-refractivity contribution is 7.48. The Bertz CT molecular complexity index is 2700. The van der Waals surface area contributed by atoms with Crippen LogP contribution in [-0.4, -0.2) is 124 Å². The molecule has 2 fully saturated rings. The van der Waals surface area contributed by atoms with Crippen LogP contribution < -0.4 is 21.8 Å². The Hall–Kier alpha value is -5.42. The quantitative estimate of drug-likeness (QED) is 0.0543. The zero-order valence-electron chi connectivity index (χ0n) is 34.6. The van der Waals surface area contributed by atoms with Crippen LogP contribution in [0.3, 0.4) is 0 Å². The predicted molar refractivity (Wildman–Crippen MR) is 213 cm³/mol. The van der Waals surface area contributed by atoms with Crippen LogP contribution in [0.2, 0.25) is 0 Å². The molecule has 0 bridgehead atoms. The molecule has 2 saturated heterocycles. The first kappa shape index (κ1) is 49.0. The van der Waals surface area contributed by atoms with Gasteiger partial charge in [0.25, 0.3) is 11.1 Å². The van der Waals surface area contributed by atoms with Crippen molar-refractivity contribution in [2.45, 2.75) is 89.8 Å². The van der Waals surface area contributed by atoms with Crippen molar-refractivity contribution in [2.75, 3.05) is 37.1 Å². The summed E-state index contributed by atoms with van der Waals surface area (Å²) in [5, 5.41) is 33.1. The maximum Gasteiger partial charge on any atom is 0.475 e. The molecule has 0 aliphatic carbocycles. The molecular weight excluding hydrogens is 916 g/mol. The van der Waals surface area contributed by atoms with Gasteiger partial charge in [-0.15, -0.1) is 0 Å². The molecule has 6 N–H and O–H groups in total. The predicted octanol–water partition coefficient (Wildman–Crippen LogP) is 1.76. The summed E-state index contributed by atoms with van der Waals surface area (Å²) in [6.45, 7) is 2.93. The van der Waals surface area contributed by atoms with Crippen molar-refractivity contribution in [2.24, 2.45) is 11.8 Å². The monoisotopic (exact) mass is 958 g/mol. The van der Waals surface area contributed by atoms with Gasteiger partial charge in [0.05, 0.1) is 64.1 Å². The van der Waals surface area contributed by atoms with Crippen molar-refractivity contribution in [3.63, 3.8) is 0 Å². The van der Waals surface area contributed by atoms with Crippen LogP contribution in [0.25, 0.3) is 22.3 Å². The number of alkyl halides is 2. The first-order valence-electron chi connectivity index (χ1n) is 19.5. The summed E-state index contributed by atoms with van der Waals surface area (Å²) < 4.78 is 100. The van der Waals surface area contributed by atoms with Gasteiger partial charge in [-0.1, -0.05) is 27.7 Å². The minimum atomic E-state index is -5.22. The number of anilines is 2. The Morgan fingerprint density at radius 1 is 0.815 bits per heavy atom. The van der Waals surface area contributed by atoms with Crippen LogP contribution in [0.15, 0.2) is 22.2 Å². The summed E-state index contributed by atoms with van der Waals surface area (Å²) in [6.07, 6.45) is -15.2. The SMILES string of the molecule is CC(C)C(=O)Nc1nc2c(ncn2C2OC(COP(=O)(OCCC#N)O[C@@H]3C(CO)OC(n4cnc5c(=O)[nH]c(NC(=O)C(C)C)nc54)[C@@H]3F)[C@@H](OP(=O)(O)OCCC#N)[C@H]2F)c(=O)[nH]1. The van der Waals surface area contributed by atoms with Crippen LogP contribution in [0, 0.1) is 34.5 Å². The van der Waals surface area contributed by atoms with E-state index in [0.717, 1.165) is 21.8 Å². The lowest BCUT2D eigenvalue weighted by atomic mass is 10.1. The van der Waals surface area contributed by atoms with Crippen LogP contribution in [0.4, 0.5) is 20.7 Å². The smallest absolute Gasteiger partial charge is 0.394 e. The number of aromatic nitrogens is 8. The molecule has 0 radical (unpaired) electrons. The molecule has 4 aromatic heterocycles. The number of ether oxygens (including phenoxy) is 2. The number of carbonyl (C=O) groups excluding carboxylic acids is 2. The lowest BCUT2D eigenvalue weighted by Crippen LogP contribution is -2.35. The summed E-state index contributed by atoms with van der Waals surface area (Å²) in [6, 6.07) is 3.41. The van der Waals surface area contributed by atoms with E-state index in [1.165, 1.54) is 0 Å². The van der Waals surface area contributed by atoms with E-state index in [9.17, 15) is 38.3 Å². The largest absolute Gasteiger partial charge is 0.475 e. The second-order valence-electron chi connectivity index (χ2n) is 14.8. The molecule has 2 aliphatic rings. The van der Waals surface area contributed by atoms with Crippen LogP contribution >= 0.6 is 15.6 Å². The van der Waals surface area contributed by atoms with E-state index < -0.39 is 132 Å². The topological polar surface area (TPSA) is 372 Å². The maximum absolute atomic E-state index is 16.6. The van der Waals surface area contributed by atoms with Crippen molar-refractivity contribution < 1.29 is 69.6 Å². The highest BCUT2D eigenvalue weighted by Gasteiger charge is 2.54. The van der Waals surface area contributed by atoms with Crippen LogP contribution in [-0.2, 0) is 50.8 Å². The fraction of sp³-hybridized carbons (Fsp3) is 0.588. The third kappa shape index (κ3) is 11.0. The Kier molecular flexibility index (Phi) is 15.4. The fourth-order valence-electron chi connectivity index (χ4n) is 6.24. The number of carbonyl (C=O) groups is 2. The van der Waals surface area contributed by atoms with E-state index in [1.54, 1.807) is 39.8 Å². The average Bonchev–Trinajstić information content (AvgIpc) is 4.01. The summed E-state index contributed by atoms with van der Waals surface area (Å²) in [4.78, 5) is 81.8. The van der Waals surface area contributed by atoms with Gasteiger partial charge in [-0.2, -0.15) is 20.5 Å². The highest BCUT2D eigenvalue weighted by atomic mass is 31.2. The van der Waals surface area contributed by atoms with Gasteiger partial charge < -0.3 is 19.5 Å². The molecule has 4 aromatic rings. The molecule has 0 saturated carbocycles. The Labute approximate surface area is 364 Å². The average molecular weight is 959 g/mol. The van der Waals surface area contributed by atoms with Gasteiger partial charge in [-0.3, -0.25) is 71.5 Å². The number of phosphoric acid groups is 2. The van der Waals surface area contributed by atoms with Gasteiger partial charge in [0.15, 0.2) is 47.1 Å². The van der Waals surface area contributed by atoms with Crippen LogP contribution in [0.5, 0.6) is 0 Å². The van der Waals surface area contributed by atoms with Gasteiger partial charge >= 0.3 is 15.6 Å². The number of phosphoric ester groups is 2. The van der Waals surface area contributed by atoms with Crippen molar-refractivity contribution in [1.82, 2.24) is 39.0 Å². The number of H-pyrrole nitrogens is 2. The lowest BCUT2D eigenvalue weighted by Gasteiger charge is -2.26. The Morgan fingerprint density at radius 2 is 1.28 bits per heavy atom. The summed E-state index contributed by atoms with van der Waals surface area (Å²) in [5.41, 5.74) is -2.94. The molecular formula is C34H42F2N12O15P2. The Morgan fingerprint density at radius 3 is 1.74 bits per heavy atom. The third-order valence-corrected chi connectivity index (χ3v) is 12.0. The molecule has 65 heavy (non-hydrogen) atoms. The van der Waals surface area contributed by atoms with Gasteiger partial charge in [0.1, 0.15) is 24.4 Å². The third-order valence-electron chi connectivity index (χ3n) is 9.49. The van der Waals surface area contributed by atoms with E-state index in [4.69, 9.17) is 42.6 Å². The lowest BCUT2D eigenvalue weighted by molar-refractivity contribution is -0.119. The standard InChI is InChI=1S/C34H42F2N12O15P2/c1-15(2)27(50)43-33-41-25-21(29(52)45-33)39-13-47(25)31-19(35)23(17(11-49)60-31)63-65(56,58-10-6-8-38)59-12-18-24(62-64(54,55)57-9-5-7-37)20(36)32(61-18)48-14-40-22-26(48)42-34(46-30(22)53)44-28(51)16(3)4/h13-20,23-24,31-32,49H,5-6,9-12H2,1-4H3,(H,54,55)(H2,41,43,45,50,52)(H2,42,44,46,51,53)/t17?,18?,19-,20-,23-,24-,31?,32?,65?/m1/s1. The zero-order chi connectivity index (χ0) is 47.4. The summed E-state index contributed by atoms with van der Waals surface area (Å²) >= 11 is 0. The second kappa shape index (κ2) is 20.4. The highest BCUT2D eigenvalue weighted by Crippen LogP contribution is 2.55. The van der Waals surface area contributed by atoms with Gasteiger partial charge in [0.2, 0.25) is 23.7 Å². The number of hydrogen-bond donors (Lipinski definition) is 6. The van der Waals surface area contributed by atoms with Crippen molar-refractivity contribution in [3.05, 3.63) is 33.4 Å². The summed E-state index contributed by atoms with van der Waals surface area (Å²) in [7, 11) is -10.4. The minimum absolute atomic E-state index is 0.276. The van der Waals surface area contributed by atoms with E-state index >= 15 is 8.78 Å². The number of rotatable bonds is 20. The van der Waals surface area contributed by atoms with E-state index in [2.05, 4.69) is 40.5 Å². The molecule has 2 aliphatic heterocycles. The van der Waals surface area contributed by atoms with Crippen molar-refractivity contribution in [3.8, 4) is 12.1 Å². The number of nitriles is 2. The maximum atomic E-state index is 16.6. The number of aliphatic hydroxyl groups is 1. The molecule has 31 heteroatoms. The summed E-state index contributed by atoms with van der Waals surface area (Å²) in [5.74, 6) is -2.78. The number of fused-ring (bicyclic) bond motifs is 2. The molecule has 6 rings (SSSR count). The molecule has 2 amide bonds. The normalized spacial score (nSPS) is 25.1. The molecule has 0 spiro atoms. The number of aromatic amines is 2. The minimum Gasteiger partial charge on any atom is -0.394 e. The Balaban J connectivity index is 1.29. The van der Waals surface area contributed by atoms with Crippen molar-refractivity contribution >= 4 is 61.7 Å². The molecule has 352 valence electrons. The number of nitrogens with one attached hydrogen (secondary N) is 4. The van der Waals surface area contributed by atoms with Gasteiger partial charge in [0, 0.05) is 11.8 Å². The first-order valence-corrected chi connectivity index (χ1v) is 22.5. The zero-order valence-corrected chi connectivity index (χ0v) is 36.4. The van der Waals surface area contributed by atoms with E-state index in [-0.39, 0.29) is 40.6 Å². The molecule has 27 nitrogen and oxygen atoms in total. The number of halogens is 2. The van der Waals surface area contributed by atoms with Crippen molar-refractivity contribution in [1.29, 1.82) is 10.5 Å². The van der Waals surface area contributed by atoms with Crippen LogP contribution in [0.1, 0.15) is 53.0 Å². The van der Waals surface area contributed by atoms with E-state index in [1.807, 2.05) is 0 Å². The number of aliphatic hydroxyl groups excluding tert-OH is 1. The molecule has 10 atom stereocenters. The number of imidazole rings is 2. The molecule has 6 unspecified atom stereocenters. The number of nitrogens with zero attached hydrogens (tertiary/aromatic N) is 8. The number of hydrogen-bond acceptors (Lipinski definition) is 20. The number of amides is 2. The van der Waals surface area contributed by atoms with E-state index in [0.29, 0.717) is 0 Å².